The zero-order valence-electron chi connectivity index (χ0n) is 22.4. The Bertz CT molecular complexity index is 972. The van der Waals surface area contributed by atoms with Gasteiger partial charge in [0.1, 0.15) is 23.9 Å². The maximum Gasteiger partial charge on any atom is 0.326 e. The molecule has 1 aromatic carbocycles. The molecular formula is C26H41N5O8. The van der Waals surface area contributed by atoms with Crippen LogP contribution in [0.15, 0.2) is 24.3 Å². The first-order chi connectivity index (χ1) is 18.4. The Labute approximate surface area is 227 Å². The monoisotopic (exact) mass is 551 g/mol. The van der Waals surface area contributed by atoms with E-state index in [0.29, 0.717) is 31.4 Å². The number of nitrogens with two attached hydrogens (primary N) is 2. The summed E-state index contributed by atoms with van der Waals surface area (Å²) in [6.45, 7) is 3.85. The summed E-state index contributed by atoms with van der Waals surface area (Å²) in [7, 11) is 0. The molecule has 1 aromatic rings. The number of phenolic OH excluding ortho intramolecular Hbond substituents is 1. The van der Waals surface area contributed by atoms with E-state index in [1.165, 1.54) is 12.1 Å². The highest BCUT2D eigenvalue weighted by Gasteiger charge is 2.32. The van der Waals surface area contributed by atoms with Crippen molar-refractivity contribution in [1.82, 2.24) is 16.0 Å². The van der Waals surface area contributed by atoms with E-state index in [4.69, 9.17) is 16.6 Å². The van der Waals surface area contributed by atoms with Gasteiger partial charge in [-0.1, -0.05) is 32.4 Å². The lowest BCUT2D eigenvalue weighted by Crippen LogP contribution is -2.58. The topological polar surface area (TPSA) is 234 Å². The molecule has 5 unspecified atom stereocenters. The highest BCUT2D eigenvalue weighted by molar-refractivity contribution is 5.94. The van der Waals surface area contributed by atoms with Gasteiger partial charge in [-0.3, -0.25) is 19.2 Å². The van der Waals surface area contributed by atoms with Gasteiger partial charge in [0.2, 0.25) is 17.7 Å². The van der Waals surface area contributed by atoms with Crippen LogP contribution in [-0.4, -0.2) is 75.7 Å². The molecule has 0 aliphatic rings. The highest BCUT2D eigenvalue weighted by atomic mass is 16.4. The Morgan fingerprint density at radius 1 is 0.872 bits per heavy atom. The number of carbonyl (C=O) groups excluding carboxylic acids is 3. The average molecular weight is 552 g/mol. The fourth-order valence-electron chi connectivity index (χ4n) is 3.74. The number of carbonyl (C=O) groups is 5. The van der Waals surface area contributed by atoms with Crippen LogP contribution < -0.4 is 27.4 Å². The number of aliphatic carboxylic acids is 2. The molecule has 1 rings (SSSR count). The molecule has 0 fully saturated rings. The lowest BCUT2D eigenvalue weighted by Gasteiger charge is -2.26. The molecule has 3 amide bonds. The van der Waals surface area contributed by atoms with Crippen molar-refractivity contribution in [1.29, 1.82) is 0 Å². The molecule has 39 heavy (non-hydrogen) atoms. The van der Waals surface area contributed by atoms with Crippen molar-refractivity contribution in [3.8, 4) is 5.75 Å². The summed E-state index contributed by atoms with van der Waals surface area (Å²) >= 11 is 0. The van der Waals surface area contributed by atoms with Crippen LogP contribution in [0.2, 0.25) is 0 Å². The third-order valence-corrected chi connectivity index (χ3v) is 6.37. The van der Waals surface area contributed by atoms with Gasteiger partial charge >= 0.3 is 11.9 Å². The number of carboxylic acid groups (broad SMARTS) is 2. The molecule has 0 aliphatic heterocycles. The first-order valence-electron chi connectivity index (χ1n) is 13.0. The van der Waals surface area contributed by atoms with Crippen molar-refractivity contribution in [2.75, 3.05) is 6.54 Å². The number of amides is 3. The second-order valence-corrected chi connectivity index (χ2v) is 9.53. The summed E-state index contributed by atoms with van der Waals surface area (Å²) in [5, 5.41) is 35.6. The van der Waals surface area contributed by atoms with E-state index in [9.17, 15) is 34.2 Å². The molecule has 0 heterocycles. The number of hydrogen-bond acceptors (Lipinski definition) is 8. The number of nitrogens with one attached hydrogen (secondary N) is 3. The van der Waals surface area contributed by atoms with E-state index < -0.39 is 53.8 Å². The van der Waals surface area contributed by atoms with Gasteiger partial charge in [-0.25, -0.2) is 4.79 Å². The van der Waals surface area contributed by atoms with Gasteiger partial charge in [-0.15, -0.1) is 0 Å². The van der Waals surface area contributed by atoms with Crippen LogP contribution in [0.3, 0.4) is 0 Å². The lowest BCUT2D eigenvalue weighted by atomic mass is 9.98. The SMILES string of the molecule is CCC(C)C(NC(=O)C(CCCCN)NC(=O)C(Cc1ccc(O)cc1)NC(=O)C(N)CCC(=O)O)C(=O)O. The van der Waals surface area contributed by atoms with Crippen LogP contribution >= 0.6 is 0 Å². The van der Waals surface area contributed by atoms with Gasteiger partial charge in [0.25, 0.3) is 0 Å². The lowest BCUT2D eigenvalue weighted by molar-refractivity contribution is -0.144. The Morgan fingerprint density at radius 3 is 2.00 bits per heavy atom. The van der Waals surface area contributed by atoms with Crippen molar-refractivity contribution >= 4 is 29.7 Å². The van der Waals surface area contributed by atoms with E-state index >= 15 is 0 Å². The number of rotatable bonds is 18. The van der Waals surface area contributed by atoms with Crippen molar-refractivity contribution in [3.05, 3.63) is 29.8 Å². The molecule has 0 aromatic heterocycles. The van der Waals surface area contributed by atoms with Gasteiger partial charge in [0.15, 0.2) is 0 Å². The number of benzene rings is 1. The molecule has 5 atom stereocenters. The molecule has 0 radical (unpaired) electrons. The molecule has 0 saturated carbocycles. The van der Waals surface area contributed by atoms with Gasteiger partial charge in [-0.2, -0.15) is 0 Å². The maximum absolute atomic E-state index is 13.4. The Morgan fingerprint density at radius 2 is 1.46 bits per heavy atom. The molecule has 0 aliphatic carbocycles. The molecule has 10 N–H and O–H groups in total. The molecule has 0 spiro atoms. The third kappa shape index (κ3) is 12.1. The fourth-order valence-corrected chi connectivity index (χ4v) is 3.74. The molecule has 218 valence electrons. The van der Waals surface area contributed by atoms with Crippen LogP contribution in [0.4, 0.5) is 0 Å². The first-order valence-corrected chi connectivity index (χ1v) is 13.0. The third-order valence-electron chi connectivity index (χ3n) is 6.37. The minimum atomic E-state index is -1.20. The van der Waals surface area contributed by atoms with Crippen molar-refractivity contribution in [2.45, 2.75) is 83.0 Å². The van der Waals surface area contributed by atoms with Gasteiger partial charge in [-0.05, 0) is 55.8 Å². The van der Waals surface area contributed by atoms with E-state index in [0.717, 1.165) is 0 Å². The Hall–Kier alpha value is -3.71. The van der Waals surface area contributed by atoms with E-state index in [2.05, 4.69) is 16.0 Å². The van der Waals surface area contributed by atoms with E-state index in [1.54, 1.807) is 26.0 Å². The number of phenols is 1. The van der Waals surface area contributed by atoms with Crippen molar-refractivity contribution < 1.29 is 39.3 Å². The van der Waals surface area contributed by atoms with Gasteiger partial charge in [0.05, 0.1) is 6.04 Å². The number of unbranched alkanes of at least 4 members (excludes halogenated alkanes) is 1. The average Bonchev–Trinajstić information content (AvgIpc) is 2.89. The fraction of sp³-hybridized carbons (Fsp3) is 0.577. The van der Waals surface area contributed by atoms with Crippen molar-refractivity contribution in [2.24, 2.45) is 17.4 Å². The number of hydrogen-bond donors (Lipinski definition) is 8. The van der Waals surface area contributed by atoms with Crippen LogP contribution in [0.1, 0.15) is 57.9 Å². The second-order valence-electron chi connectivity index (χ2n) is 9.53. The molecule has 0 saturated heterocycles. The molecule has 13 nitrogen and oxygen atoms in total. The van der Waals surface area contributed by atoms with Gasteiger partial charge < -0.3 is 42.7 Å². The predicted octanol–water partition coefficient (Wildman–Crippen LogP) is -0.159. The van der Waals surface area contributed by atoms with Crippen LogP contribution in [0, 0.1) is 5.92 Å². The summed E-state index contributed by atoms with van der Waals surface area (Å²) in [4.78, 5) is 61.7. The van der Waals surface area contributed by atoms with E-state index in [1.807, 2.05) is 0 Å². The summed E-state index contributed by atoms with van der Waals surface area (Å²) in [5.41, 5.74) is 12.0. The summed E-state index contributed by atoms with van der Waals surface area (Å²) in [5.74, 6) is -4.82. The normalized spacial score (nSPS) is 14.8. The first kappa shape index (κ1) is 33.3. The minimum absolute atomic E-state index is 0.00501. The standard InChI is InChI=1S/C26H41N5O8/c1-3-15(2)22(26(38)39)31-24(36)19(6-4-5-13-27)29-25(37)20(14-16-7-9-17(32)10-8-16)30-23(35)18(28)11-12-21(33)34/h7-10,15,18-20,22,32H,3-6,11-14,27-28H2,1-2H3,(H,29,37)(H,30,35)(H,31,36)(H,33,34)(H,38,39). The molecular weight excluding hydrogens is 510 g/mol. The summed E-state index contributed by atoms with van der Waals surface area (Å²) in [6.07, 6.45) is 1.22. The molecule has 0 bridgehead atoms. The maximum atomic E-state index is 13.4. The quantitative estimate of drug-likeness (QED) is 0.112. The number of aromatic hydroxyl groups is 1. The molecule has 13 heteroatoms. The smallest absolute Gasteiger partial charge is 0.326 e. The Kier molecular flexibility index (Phi) is 14.5. The van der Waals surface area contributed by atoms with Crippen LogP contribution in [-0.2, 0) is 30.4 Å². The second kappa shape index (κ2) is 17.0. The van der Waals surface area contributed by atoms with Crippen LogP contribution in [0.5, 0.6) is 5.75 Å². The zero-order chi connectivity index (χ0) is 29.5. The largest absolute Gasteiger partial charge is 0.508 e. The summed E-state index contributed by atoms with van der Waals surface area (Å²) < 4.78 is 0. The highest BCUT2D eigenvalue weighted by Crippen LogP contribution is 2.13. The van der Waals surface area contributed by atoms with Crippen LogP contribution in [0.25, 0.3) is 0 Å². The predicted molar refractivity (Wildman–Crippen MR) is 142 cm³/mol. The van der Waals surface area contributed by atoms with Crippen molar-refractivity contribution in [3.63, 3.8) is 0 Å². The number of carboxylic acids is 2. The van der Waals surface area contributed by atoms with E-state index in [-0.39, 0.29) is 37.4 Å². The minimum Gasteiger partial charge on any atom is -0.508 e. The zero-order valence-corrected chi connectivity index (χ0v) is 22.4. The Balaban J connectivity index is 3.15. The summed E-state index contributed by atoms with van der Waals surface area (Å²) in [6, 6.07) is 1.29. The van der Waals surface area contributed by atoms with Gasteiger partial charge in [0, 0.05) is 12.8 Å².